The molecule has 0 bridgehead atoms. The summed E-state index contributed by atoms with van der Waals surface area (Å²) in [6.45, 7) is 2.96. The van der Waals surface area contributed by atoms with Crippen LogP contribution in [0, 0.1) is 0 Å². The van der Waals surface area contributed by atoms with Crippen LogP contribution in [0.1, 0.15) is 23.7 Å². The smallest absolute Gasteiger partial charge is 0.176 e. The molecular weight excluding hydrogens is 250 g/mol. The van der Waals surface area contributed by atoms with E-state index in [0.717, 1.165) is 18.1 Å². The Balaban J connectivity index is 2.17. The van der Waals surface area contributed by atoms with Gasteiger partial charge in [-0.1, -0.05) is 6.92 Å². The minimum Gasteiger partial charge on any atom is -0.496 e. The van der Waals surface area contributed by atoms with Crippen molar-refractivity contribution in [3.8, 4) is 5.75 Å². The molecule has 0 aliphatic carbocycles. The highest BCUT2D eigenvalue weighted by Gasteiger charge is 2.19. The molecule has 2 aromatic rings. The molecule has 2 aromatic heterocycles. The number of nitrogens with one attached hydrogen (secondary N) is 1. The number of methoxy groups -OCH3 is 1. The van der Waals surface area contributed by atoms with Gasteiger partial charge < -0.3 is 10.1 Å². The molecule has 0 fully saturated rings. The van der Waals surface area contributed by atoms with Crippen LogP contribution in [-0.2, 0) is 13.5 Å². The second-order valence-electron chi connectivity index (χ2n) is 3.86. The molecule has 1 unspecified atom stereocenters. The van der Waals surface area contributed by atoms with Gasteiger partial charge >= 0.3 is 0 Å². The Hall–Kier alpha value is -1.47. The molecule has 2 heterocycles. The largest absolute Gasteiger partial charge is 0.496 e. The van der Waals surface area contributed by atoms with Crippen molar-refractivity contribution in [1.29, 1.82) is 0 Å². The number of hydrogen-bond donors (Lipinski definition) is 1. The van der Waals surface area contributed by atoms with Gasteiger partial charge in [0.2, 0.25) is 0 Å². The van der Waals surface area contributed by atoms with Crippen molar-refractivity contribution in [2.45, 2.75) is 19.4 Å². The molecule has 7 heteroatoms. The number of ether oxygens (including phenoxy) is 1. The van der Waals surface area contributed by atoms with Crippen molar-refractivity contribution in [2.24, 2.45) is 7.05 Å². The van der Waals surface area contributed by atoms with Crippen LogP contribution in [0.5, 0.6) is 5.75 Å². The lowest BCUT2D eigenvalue weighted by Crippen LogP contribution is -2.23. The third-order valence-electron chi connectivity index (χ3n) is 2.58. The van der Waals surface area contributed by atoms with Crippen LogP contribution in [0.15, 0.2) is 11.4 Å². The number of hydrogen-bond acceptors (Lipinski definition) is 6. The zero-order valence-electron chi connectivity index (χ0n) is 10.8. The van der Waals surface area contributed by atoms with Crippen molar-refractivity contribution in [1.82, 2.24) is 25.5 Å². The standard InChI is InChI=1S/C11H17N5OS/c1-4-12-8(7-10-13-15-16(2)14-10)11-9(17-3)5-6-18-11/h5-6,8,12H,4,7H2,1-3H3. The summed E-state index contributed by atoms with van der Waals surface area (Å²) < 4.78 is 5.36. The van der Waals surface area contributed by atoms with E-state index in [2.05, 4.69) is 27.7 Å². The van der Waals surface area contributed by atoms with Crippen molar-refractivity contribution in [3.63, 3.8) is 0 Å². The van der Waals surface area contributed by atoms with Crippen molar-refractivity contribution < 1.29 is 4.74 Å². The normalized spacial score (nSPS) is 12.6. The van der Waals surface area contributed by atoms with Crippen molar-refractivity contribution >= 4 is 11.3 Å². The fourth-order valence-electron chi connectivity index (χ4n) is 1.82. The predicted octanol–water partition coefficient (Wildman–Crippen LogP) is 1.17. The zero-order chi connectivity index (χ0) is 13.0. The maximum Gasteiger partial charge on any atom is 0.176 e. The fourth-order valence-corrected chi connectivity index (χ4v) is 2.76. The first-order valence-electron chi connectivity index (χ1n) is 5.82. The number of aromatic nitrogens is 4. The number of nitrogens with zero attached hydrogens (tertiary/aromatic N) is 4. The van der Waals surface area contributed by atoms with E-state index in [4.69, 9.17) is 4.74 Å². The van der Waals surface area contributed by atoms with Gasteiger partial charge in [0, 0.05) is 6.42 Å². The van der Waals surface area contributed by atoms with Gasteiger partial charge in [0.25, 0.3) is 0 Å². The van der Waals surface area contributed by atoms with E-state index in [1.54, 1.807) is 25.5 Å². The van der Waals surface area contributed by atoms with Gasteiger partial charge in [0.15, 0.2) is 5.82 Å². The topological polar surface area (TPSA) is 64.9 Å². The van der Waals surface area contributed by atoms with E-state index in [0.29, 0.717) is 6.42 Å². The second-order valence-corrected chi connectivity index (χ2v) is 4.81. The van der Waals surface area contributed by atoms with Gasteiger partial charge in [-0.15, -0.1) is 21.5 Å². The summed E-state index contributed by atoms with van der Waals surface area (Å²) in [6, 6.07) is 2.14. The third kappa shape index (κ3) is 2.85. The number of tetrazole rings is 1. The summed E-state index contributed by atoms with van der Waals surface area (Å²) in [5, 5.41) is 17.6. The second kappa shape index (κ2) is 5.92. The van der Waals surface area contributed by atoms with E-state index in [9.17, 15) is 0 Å². The Bertz CT molecular complexity index is 495. The summed E-state index contributed by atoms with van der Waals surface area (Å²) >= 11 is 1.68. The molecule has 18 heavy (non-hydrogen) atoms. The molecule has 0 aromatic carbocycles. The highest BCUT2D eigenvalue weighted by molar-refractivity contribution is 7.10. The minimum atomic E-state index is 0.161. The summed E-state index contributed by atoms with van der Waals surface area (Å²) in [5.41, 5.74) is 0. The SMILES string of the molecule is CCNC(Cc1nnn(C)n1)c1sccc1OC. The van der Waals surface area contributed by atoms with Crippen LogP contribution < -0.4 is 10.1 Å². The Morgan fingerprint density at radius 3 is 3.00 bits per heavy atom. The predicted molar refractivity (Wildman–Crippen MR) is 69.8 cm³/mol. The molecule has 1 N–H and O–H groups in total. The molecule has 0 aliphatic rings. The first kappa shape index (κ1) is 13.0. The molecule has 0 radical (unpaired) electrons. The molecule has 0 amide bonds. The lowest BCUT2D eigenvalue weighted by atomic mass is 10.1. The van der Waals surface area contributed by atoms with Crippen LogP contribution in [0.4, 0.5) is 0 Å². The molecule has 0 aliphatic heterocycles. The Kier molecular flexibility index (Phi) is 4.27. The van der Waals surface area contributed by atoms with Crippen LogP contribution >= 0.6 is 11.3 Å². The van der Waals surface area contributed by atoms with E-state index in [-0.39, 0.29) is 6.04 Å². The Morgan fingerprint density at radius 2 is 2.39 bits per heavy atom. The van der Waals surface area contributed by atoms with Gasteiger partial charge in [0.05, 0.1) is 25.1 Å². The Morgan fingerprint density at radius 1 is 1.56 bits per heavy atom. The number of likely N-dealkylation sites (N-methyl/N-ethyl adjacent to an activating group) is 1. The maximum atomic E-state index is 5.36. The number of thiophene rings is 1. The van der Waals surface area contributed by atoms with E-state index < -0.39 is 0 Å². The minimum absolute atomic E-state index is 0.161. The average molecular weight is 267 g/mol. The van der Waals surface area contributed by atoms with Gasteiger partial charge in [-0.2, -0.15) is 4.80 Å². The molecule has 0 spiro atoms. The average Bonchev–Trinajstić information content (AvgIpc) is 2.97. The summed E-state index contributed by atoms with van der Waals surface area (Å²) in [5.74, 6) is 1.65. The van der Waals surface area contributed by atoms with E-state index in [1.165, 1.54) is 9.67 Å². The molecular formula is C11H17N5OS. The summed E-state index contributed by atoms with van der Waals surface area (Å²) in [7, 11) is 3.46. The highest BCUT2D eigenvalue weighted by atomic mass is 32.1. The molecule has 98 valence electrons. The van der Waals surface area contributed by atoms with Crippen LogP contribution in [-0.4, -0.2) is 33.9 Å². The lowest BCUT2D eigenvalue weighted by molar-refractivity contribution is 0.402. The number of aryl methyl sites for hydroxylation is 1. The molecule has 1 atom stereocenters. The van der Waals surface area contributed by atoms with Gasteiger partial charge in [-0.3, -0.25) is 0 Å². The quantitative estimate of drug-likeness (QED) is 0.851. The maximum absolute atomic E-state index is 5.36. The van der Waals surface area contributed by atoms with E-state index in [1.807, 2.05) is 11.4 Å². The summed E-state index contributed by atoms with van der Waals surface area (Å²) in [6.07, 6.45) is 0.707. The zero-order valence-corrected chi connectivity index (χ0v) is 11.6. The molecule has 2 rings (SSSR count). The summed E-state index contributed by atoms with van der Waals surface area (Å²) in [4.78, 5) is 2.65. The lowest BCUT2D eigenvalue weighted by Gasteiger charge is -2.16. The van der Waals surface area contributed by atoms with E-state index >= 15 is 0 Å². The Labute approximate surface area is 110 Å². The van der Waals surface area contributed by atoms with Crippen LogP contribution in [0.3, 0.4) is 0 Å². The van der Waals surface area contributed by atoms with Crippen LogP contribution in [0.2, 0.25) is 0 Å². The van der Waals surface area contributed by atoms with Crippen molar-refractivity contribution in [3.05, 3.63) is 22.1 Å². The van der Waals surface area contributed by atoms with Crippen LogP contribution in [0.25, 0.3) is 0 Å². The first-order chi connectivity index (χ1) is 8.74. The molecule has 0 saturated heterocycles. The number of rotatable bonds is 6. The van der Waals surface area contributed by atoms with Gasteiger partial charge in [-0.05, 0) is 23.2 Å². The van der Waals surface area contributed by atoms with Gasteiger partial charge in [0.1, 0.15) is 5.75 Å². The highest BCUT2D eigenvalue weighted by Crippen LogP contribution is 2.32. The monoisotopic (exact) mass is 267 g/mol. The third-order valence-corrected chi connectivity index (χ3v) is 3.59. The molecule has 6 nitrogen and oxygen atoms in total. The van der Waals surface area contributed by atoms with Crippen molar-refractivity contribution in [2.75, 3.05) is 13.7 Å². The molecule has 0 saturated carbocycles. The fraction of sp³-hybridized carbons (Fsp3) is 0.545. The van der Waals surface area contributed by atoms with Gasteiger partial charge in [-0.25, -0.2) is 0 Å². The first-order valence-corrected chi connectivity index (χ1v) is 6.70.